The van der Waals surface area contributed by atoms with Gasteiger partial charge in [-0.1, -0.05) is 30.3 Å². The summed E-state index contributed by atoms with van der Waals surface area (Å²) in [5, 5.41) is 0. The molecule has 1 amide bonds. The van der Waals surface area contributed by atoms with E-state index < -0.39 is 34.6 Å². The number of hydrogen-bond acceptors (Lipinski definition) is 8. The molecule has 2 bridgehead atoms. The number of benzene rings is 1. The van der Waals surface area contributed by atoms with Gasteiger partial charge in [0.1, 0.15) is 17.8 Å². The molecule has 10 heteroatoms. The highest BCUT2D eigenvalue weighted by Gasteiger charge is 2.59. The lowest BCUT2D eigenvalue weighted by atomic mass is 9.73. The van der Waals surface area contributed by atoms with E-state index in [1.54, 1.807) is 39.5 Å². The smallest absolute Gasteiger partial charge is 0.410 e. The average molecular weight is 541 g/mol. The van der Waals surface area contributed by atoms with Crippen molar-refractivity contribution >= 4 is 18.0 Å². The fourth-order valence-electron chi connectivity index (χ4n) is 5.32. The summed E-state index contributed by atoms with van der Waals surface area (Å²) in [6.45, 7) is 9.53. The monoisotopic (exact) mass is 540 g/mol. The first-order chi connectivity index (χ1) is 18.5. The number of ether oxygens (including phenoxy) is 4. The second kappa shape index (κ2) is 11.1. The minimum absolute atomic E-state index is 0.00792. The van der Waals surface area contributed by atoms with Crippen molar-refractivity contribution in [3.8, 4) is 5.75 Å². The Balaban J connectivity index is 1.80. The molecule has 0 spiro atoms. The van der Waals surface area contributed by atoms with E-state index in [0.717, 1.165) is 5.56 Å². The molecule has 2 aliphatic heterocycles. The van der Waals surface area contributed by atoms with Gasteiger partial charge in [-0.15, -0.1) is 0 Å². The summed E-state index contributed by atoms with van der Waals surface area (Å²) in [5.74, 6) is -1.57. The van der Waals surface area contributed by atoms with Gasteiger partial charge in [0.2, 0.25) is 5.43 Å². The van der Waals surface area contributed by atoms with Crippen LogP contribution in [-0.2, 0) is 27.4 Å². The van der Waals surface area contributed by atoms with Gasteiger partial charge < -0.3 is 28.4 Å². The fourth-order valence-corrected chi connectivity index (χ4v) is 5.32. The van der Waals surface area contributed by atoms with Crippen LogP contribution in [0.2, 0.25) is 0 Å². The van der Waals surface area contributed by atoms with Crippen LogP contribution in [0.3, 0.4) is 0 Å². The van der Waals surface area contributed by atoms with Gasteiger partial charge in [-0.2, -0.15) is 0 Å². The number of aromatic nitrogens is 1. The minimum atomic E-state index is -0.823. The van der Waals surface area contributed by atoms with Gasteiger partial charge in [-0.05, 0) is 58.9 Å². The predicted molar refractivity (Wildman–Crippen MR) is 142 cm³/mol. The first kappa shape index (κ1) is 28.2. The first-order valence-corrected chi connectivity index (χ1v) is 13.3. The lowest BCUT2D eigenvalue weighted by Crippen LogP contribution is -2.53. The summed E-state index contributed by atoms with van der Waals surface area (Å²) in [6.07, 6.45) is 2.29. The number of esters is 2. The van der Waals surface area contributed by atoms with Gasteiger partial charge in [0, 0.05) is 19.3 Å². The molecular weight excluding hydrogens is 504 g/mol. The molecule has 3 aliphatic rings. The van der Waals surface area contributed by atoms with E-state index in [0.29, 0.717) is 25.3 Å². The molecule has 0 radical (unpaired) electrons. The van der Waals surface area contributed by atoms with E-state index in [-0.39, 0.29) is 43.4 Å². The zero-order valence-electron chi connectivity index (χ0n) is 23.2. The maximum Gasteiger partial charge on any atom is 0.410 e. The molecule has 0 atom stereocenters. The highest BCUT2D eigenvalue weighted by Crippen LogP contribution is 2.52. The highest BCUT2D eigenvalue weighted by molar-refractivity contribution is 5.94. The molecule has 10 nitrogen and oxygen atoms in total. The highest BCUT2D eigenvalue weighted by atomic mass is 16.6. The van der Waals surface area contributed by atoms with Crippen LogP contribution in [-0.4, -0.2) is 58.4 Å². The number of hydrogen-bond donors (Lipinski definition) is 0. The Kier molecular flexibility index (Phi) is 8.04. The number of amides is 1. The summed E-state index contributed by atoms with van der Waals surface area (Å²) in [6, 6.07) is 9.15. The Bertz CT molecular complexity index is 1290. The van der Waals surface area contributed by atoms with Crippen LogP contribution in [0.1, 0.15) is 73.9 Å². The van der Waals surface area contributed by atoms with Crippen LogP contribution in [0.5, 0.6) is 5.75 Å². The molecule has 1 aromatic carbocycles. The van der Waals surface area contributed by atoms with Crippen LogP contribution in [0.4, 0.5) is 4.79 Å². The second-order valence-electron chi connectivity index (χ2n) is 11.0. The number of carbonyl (C=O) groups is 3. The second-order valence-corrected chi connectivity index (χ2v) is 11.0. The number of nitrogens with zero attached hydrogens (tertiary/aromatic N) is 2. The van der Waals surface area contributed by atoms with E-state index in [9.17, 15) is 19.2 Å². The van der Waals surface area contributed by atoms with Crippen molar-refractivity contribution in [3.05, 3.63) is 63.6 Å². The number of pyridine rings is 1. The van der Waals surface area contributed by atoms with Crippen LogP contribution >= 0.6 is 0 Å². The third-order valence-electron chi connectivity index (χ3n) is 6.86. The molecule has 210 valence electrons. The quantitative estimate of drug-likeness (QED) is 0.344. The molecule has 2 aromatic rings. The maximum absolute atomic E-state index is 13.5. The van der Waals surface area contributed by atoms with Gasteiger partial charge in [0.25, 0.3) is 0 Å². The third-order valence-corrected chi connectivity index (χ3v) is 6.86. The SMILES string of the molecule is CCOC(=O)c1cn(CC23CC(CN2C(=O)OC(C)(C)C)C3)c(C(=O)OCC)c(OCc2ccccc2)c1=O. The zero-order valence-corrected chi connectivity index (χ0v) is 23.2. The van der Waals surface area contributed by atoms with Gasteiger partial charge >= 0.3 is 18.0 Å². The number of fused-ring (bicyclic) bond motifs is 1. The lowest BCUT2D eigenvalue weighted by Gasteiger charge is -2.43. The van der Waals surface area contributed by atoms with Crippen molar-refractivity contribution < 1.29 is 33.3 Å². The Morgan fingerprint density at radius 3 is 2.26 bits per heavy atom. The van der Waals surface area contributed by atoms with Crippen molar-refractivity contribution in [1.29, 1.82) is 0 Å². The minimum Gasteiger partial charge on any atom is -0.482 e. The van der Waals surface area contributed by atoms with Crippen LogP contribution in [0, 0.1) is 5.92 Å². The van der Waals surface area contributed by atoms with Crippen LogP contribution in [0.15, 0.2) is 41.3 Å². The zero-order chi connectivity index (χ0) is 28.4. The van der Waals surface area contributed by atoms with E-state index in [1.165, 1.54) is 10.8 Å². The Morgan fingerprint density at radius 2 is 1.64 bits per heavy atom. The standard InChI is InChI=1S/C29H36N2O8/c1-6-36-25(33)21-16-30(18-29-13-20(14-29)15-31(29)27(35)39-28(3,4)5)22(26(34)37-7-2)24(23(21)32)38-17-19-11-9-8-10-12-19/h8-12,16,20H,6-7,13-15,17-18H2,1-5H3. The molecule has 39 heavy (non-hydrogen) atoms. The summed E-state index contributed by atoms with van der Waals surface area (Å²) in [5.41, 5.74) is -1.68. The summed E-state index contributed by atoms with van der Waals surface area (Å²) in [7, 11) is 0. The molecule has 3 heterocycles. The lowest BCUT2D eigenvalue weighted by molar-refractivity contribution is 0.00245. The summed E-state index contributed by atoms with van der Waals surface area (Å²) < 4.78 is 23.6. The number of rotatable bonds is 9. The maximum atomic E-state index is 13.5. The molecule has 2 saturated heterocycles. The summed E-state index contributed by atoms with van der Waals surface area (Å²) in [4.78, 5) is 54.4. The Hall–Kier alpha value is -3.82. The van der Waals surface area contributed by atoms with Gasteiger partial charge in [-0.3, -0.25) is 4.79 Å². The van der Waals surface area contributed by atoms with Crippen molar-refractivity contribution in [2.75, 3.05) is 19.8 Å². The van der Waals surface area contributed by atoms with Crippen molar-refractivity contribution in [2.45, 2.75) is 71.8 Å². The molecule has 1 aromatic heterocycles. The van der Waals surface area contributed by atoms with Crippen molar-refractivity contribution in [3.63, 3.8) is 0 Å². The van der Waals surface area contributed by atoms with E-state index in [4.69, 9.17) is 18.9 Å². The average Bonchev–Trinajstić information content (AvgIpc) is 3.39. The van der Waals surface area contributed by atoms with E-state index in [2.05, 4.69) is 0 Å². The van der Waals surface area contributed by atoms with Crippen molar-refractivity contribution in [1.82, 2.24) is 9.47 Å². The molecule has 0 N–H and O–H groups in total. The normalized spacial score (nSPS) is 19.7. The molecule has 3 fully saturated rings. The van der Waals surface area contributed by atoms with Crippen LogP contribution in [0.25, 0.3) is 0 Å². The third kappa shape index (κ3) is 5.94. The van der Waals surface area contributed by atoms with Crippen LogP contribution < -0.4 is 10.2 Å². The molecule has 1 aliphatic carbocycles. The van der Waals surface area contributed by atoms with Crippen molar-refractivity contribution in [2.24, 2.45) is 5.92 Å². The van der Waals surface area contributed by atoms with Gasteiger partial charge in [0.15, 0.2) is 11.4 Å². The molecule has 5 rings (SSSR count). The topological polar surface area (TPSA) is 113 Å². The first-order valence-electron chi connectivity index (χ1n) is 13.3. The Morgan fingerprint density at radius 1 is 1.00 bits per heavy atom. The van der Waals surface area contributed by atoms with Gasteiger partial charge in [-0.25, -0.2) is 14.4 Å². The number of carbonyl (C=O) groups excluding carboxylic acids is 3. The molecule has 1 saturated carbocycles. The molecular formula is C29H36N2O8. The van der Waals surface area contributed by atoms with E-state index in [1.807, 2.05) is 30.3 Å². The van der Waals surface area contributed by atoms with Gasteiger partial charge in [0.05, 0.1) is 18.8 Å². The largest absolute Gasteiger partial charge is 0.482 e. The molecule has 0 unspecified atom stereocenters. The fraction of sp³-hybridized carbons (Fsp3) is 0.517. The Labute approximate surface area is 227 Å². The predicted octanol–water partition coefficient (Wildman–Crippen LogP) is 4.18. The van der Waals surface area contributed by atoms with E-state index >= 15 is 0 Å². The summed E-state index contributed by atoms with van der Waals surface area (Å²) >= 11 is 0.